The van der Waals surface area contributed by atoms with Gasteiger partial charge >= 0.3 is 0 Å². The molecule has 1 amide bonds. The van der Waals surface area contributed by atoms with Gasteiger partial charge in [-0.15, -0.1) is 0 Å². The zero-order valence-corrected chi connectivity index (χ0v) is 10.9. The van der Waals surface area contributed by atoms with Crippen molar-refractivity contribution in [1.29, 1.82) is 0 Å². The molecule has 0 atom stereocenters. The van der Waals surface area contributed by atoms with Crippen molar-refractivity contribution in [2.24, 2.45) is 0 Å². The molecule has 0 radical (unpaired) electrons. The molecule has 2 N–H and O–H groups in total. The van der Waals surface area contributed by atoms with Gasteiger partial charge in [-0.1, -0.05) is 13.8 Å². The van der Waals surface area contributed by atoms with Crippen LogP contribution in [-0.4, -0.2) is 33.7 Å². The number of nitrogens with two attached hydrogens (primary N) is 1. The molecule has 0 fully saturated rings. The van der Waals surface area contributed by atoms with E-state index in [-0.39, 0.29) is 5.91 Å². The molecule has 1 aromatic heterocycles. The summed E-state index contributed by atoms with van der Waals surface area (Å²) < 4.78 is 1.66. The summed E-state index contributed by atoms with van der Waals surface area (Å²) in [5.41, 5.74) is 6.23. The second kappa shape index (κ2) is 6.27. The summed E-state index contributed by atoms with van der Waals surface area (Å²) in [6.45, 7) is 8.31. The van der Waals surface area contributed by atoms with Crippen molar-refractivity contribution < 1.29 is 4.79 Å². The summed E-state index contributed by atoms with van der Waals surface area (Å²) in [5, 5.41) is 4.10. The Morgan fingerprint density at radius 2 is 1.94 bits per heavy atom. The van der Waals surface area contributed by atoms with Gasteiger partial charge in [0.2, 0.25) is 0 Å². The number of aryl methyl sites for hydroxylation is 1. The minimum Gasteiger partial charge on any atom is -0.382 e. The highest BCUT2D eigenvalue weighted by Crippen LogP contribution is 2.10. The molecular weight excluding hydrogens is 216 g/mol. The van der Waals surface area contributed by atoms with E-state index in [9.17, 15) is 4.79 Å². The number of nitrogens with zero attached hydrogens (tertiary/aromatic N) is 3. The van der Waals surface area contributed by atoms with E-state index in [1.807, 2.05) is 11.8 Å². The van der Waals surface area contributed by atoms with Crippen LogP contribution in [0.25, 0.3) is 0 Å². The number of aromatic nitrogens is 2. The molecule has 0 saturated heterocycles. The molecule has 0 aliphatic rings. The lowest BCUT2D eigenvalue weighted by molar-refractivity contribution is 0.0743. The van der Waals surface area contributed by atoms with Gasteiger partial charge in [-0.3, -0.25) is 9.48 Å². The summed E-state index contributed by atoms with van der Waals surface area (Å²) >= 11 is 0. The van der Waals surface area contributed by atoms with Gasteiger partial charge in [-0.05, 0) is 19.8 Å². The van der Waals surface area contributed by atoms with Gasteiger partial charge in [0, 0.05) is 25.7 Å². The number of rotatable bonds is 6. The topological polar surface area (TPSA) is 64.2 Å². The van der Waals surface area contributed by atoms with E-state index < -0.39 is 0 Å². The lowest BCUT2D eigenvalue weighted by atomic mass is 10.3. The van der Waals surface area contributed by atoms with Crippen LogP contribution in [0.2, 0.25) is 0 Å². The number of carbonyl (C=O) groups excluding carboxylic acids is 1. The van der Waals surface area contributed by atoms with Gasteiger partial charge in [-0.25, -0.2) is 0 Å². The molecule has 1 heterocycles. The van der Waals surface area contributed by atoms with Gasteiger partial charge in [-0.2, -0.15) is 5.10 Å². The average molecular weight is 238 g/mol. The van der Waals surface area contributed by atoms with Crippen molar-refractivity contribution in [3.63, 3.8) is 0 Å². The Kier molecular flexibility index (Phi) is 5.00. The Labute approximate surface area is 103 Å². The Morgan fingerprint density at radius 3 is 2.41 bits per heavy atom. The number of nitrogen functional groups attached to an aromatic ring is 1. The van der Waals surface area contributed by atoms with Crippen molar-refractivity contribution in [2.45, 2.75) is 40.2 Å². The first-order chi connectivity index (χ1) is 8.13. The number of carbonyl (C=O) groups is 1. The third-order valence-electron chi connectivity index (χ3n) is 2.59. The fourth-order valence-electron chi connectivity index (χ4n) is 1.87. The molecule has 96 valence electrons. The molecule has 0 aromatic carbocycles. The quantitative estimate of drug-likeness (QED) is 0.821. The second-order valence-electron chi connectivity index (χ2n) is 4.06. The predicted molar refractivity (Wildman–Crippen MR) is 68.8 cm³/mol. The van der Waals surface area contributed by atoms with Gasteiger partial charge < -0.3 is 10.6 Å². The molecule has 0 bridgehead atoms. The summed E-state index contributed by atoms with van der Waals surface area (Å²) in [4.78, 5) is 14.2. The third kappa shape index (κ3) is 3.22. The Hall–Kier alpha value is -1.52. The van der Waals surface area contributed by atoms with Crippen LogP contribution in [0.1, 0.15) is 44.1 Å². The van der Waals surface area contributed by atoms with E-state index in [0.29, 0.717) is 18.1 Å². The first kappa shape index (κ1) is 13.5. The van der Waals surface area contributed by atoms with Crippen LogP contribution in [0.5, 0.6) is 0 Å². The van der Waals surface area contributed by atoms with E-state index in [1.165, 1.54) is 0 Å². The molecular formula is C12H22N4O. The van der Waals surface area contributed by atoms with Gasteiger partial charge in [0.25, 0.3) is 5.91 Å². The molecule has 0 unspecified atom stereocenters. The molecule has 0 saturated carbocycles. The average Bonchev–Trinajstić information content (AvgIpc) is 2.69. The fourth-order valence-corrected chi connectivity index (χ4v) is 1.87. The molecule has 5 heteroatoms. The molecule has 1 rings (SSSR count). The van der Waals surface area contributed by atoms with Crippen molar-refractivity contribution in [2.75, 3.05) is 18.8 Å². The van der Waals surface area contributed by atoms with Crippen LogP contribution < -0.4 is 5.73 Å². The number of hydrogen-bond donors (Lipinski definition) is 1. The molecule has 5 nitrogen and oxygen atoms in total. The first-order valence-corrected chi connectivity index (χ1v) is 6.26. The number of hydrogen-bond acceptors (Lipinski definition) is 3. The van der Waals surface area contributed by atoms with Crippen LogP contribution >= 0.6 is 0 Å². The van der Waals surface area contributed by atoms with Crippen molar-refractivity contribution >= 4 is 11.7 Å². The molecule has 0 aliphatic heterocycles. The van der Waals surface area contributed by atoms with E-state index in [4.69, 9.17) is 5.73 Å². The minimum absolute atomic E-state index is 0.0275. The van der Waals surface area contributed by atoms with Crippen molar-refractivity contribution in [3.05, 3.63) is 11.8 Å². The highest BCUT2D eigenvalue weighted by atomic mass is 16.2. The SMILES string of the molecule is CCCN(CCC)C(=O)c1cc(N)nn1CC. The van der Waals surface area contributed by atoms with Crippen LogP contribution in [0, 0.1) is 0 Å². The summed E-state index contributed by atoms with van der Waals surface area (Å²) in [6, 6.07) is 1.66. The first-order valence-electron chi connectivity index (χ1n) is 6.26. The van der Waals surface area contributed by atoms with Gasteiger partial charge in [0.05, 0.1) is 0 Å². The lowest BCUT2D eigenvalue weighted by Crippen LogP contribution is -2.34. The van der Waals surface area contributed by atoms with Gasteiger partial charge in [0.1, 0.15) is 11.5 Å². The lowest BCUT2D eigenvalue weighted by Gasteiger charge is -2.21. The van der Waals surface area contributed by atoms with Crippen molar-refractivity contribution in [3.8, 4) is 0 Å². The zero-order chi connectivity index (χ0) is 12.8. The number of anilines is 1. The van der Waals surface area contributed by atoms with Crippen LogP contribution in [0.3, 0.4) is 0 Å². The highest BCUT2D eigenvalue weighted by molar-refractivity contribution is 5.93. The largest absolute Gasteiger partial charge is 0.382 e. The Balaban J connectivity index is 2.91. The second-order valence-corrected chi connectivity index (χ2v) is 4.06. The van der Waals surface area contributed by atoms with E-state index in [1.54, 1.807) is 10.7 Å². The zero-order valence-electron chi connectivity index (χ0n) is 10.9. The van der Waals surface area contributed by atoms with E-state index in [2.05, 4.69) is 18.9 Å². The summed E-state index contributed by atoms with van der Waals surface area (Å²) in [7, 11) is 0. The fraction of sp³-hybridized carbons (Fsp3) is 0.667. The summed E-state index contributed by atoms with van der Waals surface area (Å²) in [6.07, 6.45) is 1.92. The Bertz CT molecular complexity index is 367. The maximum absolute atomic E-state index is 12.3. The minimum atomic E-state index is 0.0275. The summed E-state index contributed by atoms with van der Waals surface area (Å²) in [5.74, 6) is 0.433. The maximum atomic E-state index is 12.3. The standard InChI is InChI=1S/C12H22N4O/c1-4-7-15(8-5-2)12(17)10-9-11(13)14-16(10)6-3/h9H,4-8H2,1-3H3,(H2,13,14). The maximum Gasteiger partial charge on any atom is 0.272 e. The van der Waals surface area contributed by atoms with E-state index in [0.717, 1.165) is 25.9 Å². The van der Waals surface area contributed by atoms with Crippen LogP contribution in [-0.2, 0) is 6.54 Å². The molecule has 0 aliphatic carbocycles. The smallest absolute Gasteiger partial charge is 0.272 e. The van der Waals surface area contributed by atoms with Crippen molar-refractivity contribution in [1.82, 2.24) is 14.7 Å². The predicted octanol–water partition coefficient (Wildman–Crippen LogP) is 1.75. The van der Waals surface area contributed by atoms with Crippen LogP contribution in [0.4, 0.5) is 5.82 Å². The molecule has 1 aromatic rings. The Morgan fingerprint density at radius 1 is 1.35 bits per heavy atom. The third-order valence-corrected chi connectivity index (χ3v) is 2.59. The molecule has 17 heavy (non-hydrogen) atoms. The monoisotopic (exact) mass is 238 g/mol. The number of amides is 1. The van der Waals surface area contributed by atoms with E-state index >= 15 is 0 Å². The van der Waals surface area contributed by atoms with Crippen LogP contribution in [0.15, 0.2) is 6.07 Å². The molecule has 0 spiro atoms. The normalized spacial score (nSPS) is 10.5. The highest BCUT2D eigenvalue weighted by Gasteiger charge is 2.19. The van der Waals surface area contributed by atoms with Gasteiger partial charge in [0.15, 0.2) is 0 Å².